The zero-order valence-corrected chi connectivity index (χ0v) is 9.44. The number of halogens is 2. The van der Waals surface area contributed by atoms with Crippen LogP contribution in [-0.2, 0) is 0 Å². The Morgan fingerprint density at radius 2 is 2.00 bits per heavy atom. The van der Waals surface area contributed by atoms with Gasteiger partial charge < -0.3 is 5.11 Å². The van der Waals surface area contributed by atoms with Crippen LogP contribution in [0.5, 0.6) is 0 Å². The molecule has 1 rings (SSSR count). The van der Waals surface area contributed by atoms with E-state index in [0.29, 0.717) is 10.0 Å². The standard InChI is InChI=1S/C10H12BrFO/c1-5-4-8(12)10(11)9(6(5)2)7(3)13/h4,7,13H,1-3H3. The highest BCUT2D eigenvalue weighted by Crippen LogP contribution is 2.31. The van der Waals surface area contributed by atoms with E-state index in [0.717, 1.165) is 11.1 Å². The first-order valence-electron chi connectivity index (χ1n) is 4.08. The van der Waals surface area contributed by atoms with E-state index in [9.17, 15) is 9.50 Å². The molecular formula is C10H12BrFO. The van der Waals surface area contributed by atoms with E-state index in [2.05, 4.69) is 15.9 Å². The maximum Gasteiger partial charge on any atom is 0.138 e. The van der Waals surface area contributed by atoms with Crippen molar-refractivity contribution in [2.24, 2.45) is 0 Å². The lowest BCUT2D eigenvalue weighted by Crippen LogP contribution is -2.01. The summed E-state index contributed by atoms with van der Waals surface area (Å²) in [7, 11) is 0. The monoisotopic (exact) mass is 246 g/mol. The van der Waals surface area contributed by atoms with Crippen molar-refractivity contribution in [3.63, 3.8) is 0 Å². The van der Waals surface area contributed by atoms with Crippen LogP contribution in [0.3, 0.4) is 0 Å². The molecule has 1 aromatic rings. The third kappa shape index (κ3) is 1.92. The van der Waals surface area contributed by atoms with Crippen LogP contribution >= 0.6 is 15.9 Å². The van der Waals surface area contributed by atoms with Gasteiger partial charge in [0.1, 0.15) is 5.82 Å². The number of hydrogen-bond donors (Lipinski definition) is 1. The topological polar surface area (TPSA) is 20.2 Å². The number of hydrogen-bond acceptors (Lipinski definition) is 1. The Morgan fingerprint density at radius 1 is 1.46 bits per heavy atom. The summed E-state index contributed by atoms with van der Waals surface area (Å²) in [5.41, 5.74) is 2.43. The van der Waals surface area contributed by atoms with E-state index < -0.39 is 6.10 Å². The second kappa shape index (κ2) is 3.76. The fourth-order valence-corrected chi connectivity index (χ4v) is 2.11. The number of rotatable bonds is 1. The molecule has 1 nitrogen and oxygen atoms in total. The van der Waals surface area contributed by atoms with Crippen molar-refractivity contribution in [2.75, 3.05) is 0 Å². The Balaban J connectivity index is 3.46. The number of aliphatic hydroxyl groups is 1. The molecule has 1 atom stereocenters. The average Bonchev–Trinajstić information content (AvgIpc) is 2.01. The lowest BCUT2D eigenvalue weighted by Gasteiger charge is -2.14. The highest BCUT2D eigenvalue weighted by molar-refractivity contribution is 9.10. The molecule has 0 bridgehead atoms. The highest BCUT2D eigenvalue weighted by Gasteiger charge is 2.15. The van der Waals surface area contributed by atoms with Gasteiger partial charge in [-0.05, 0) is 53.9 Å². The maximum atomic E-state index is 13.2. The summed E-state index contributed by atoms with van der Waals surface area (Å²) in [5, 5.41) is 9.44. The minimum absolute atomic E-state index is 0.320. The van der Waals surface area contributed by atoms with Crippen LogP contribution in [0.1, 0.15) is 29.7 Å². The molecule has 1 N–H and O–H groups in total. The van der Waals surface area contributed by atoms with Gasteiger partial charge in [-0.25, -0.2) is 4.39 Å². The van der Waals surface area contributed by atoms with Crippen molar-refractivity contribution in [1.82, 2.24) is 0 Å². The molecule has 13 heavy (non-hydrogen) atoms. The molecule has 72 valence electrons. The van der Waals surface area contributed by atoms with Crippen molar-refractivity contribution in [3.8, 4) is 0 Å². The third-order valence-corrected chi connectivity index (χ3v) is 3.01. The van der Waals surface area contributed by atoms with Crippen LogP contribution in [0.4, 0.5) is 4.39 Å². The van der Waals surface area contributed by atoms with E-state index in [-0.39, 0.29) is 5.82 Å². The maximum absolute atomic E-state index is 13.2. The molecule has 0 saturated carbocycles. The molecule has 0 aliphatic heterocycles. The van der Waals surface area contributed by atoms with Crippen LogP contribution in [0, 0.1) is 19.7 Å². The molecule has 1 aromatic carbocycles. The summed E-state index contributed by atoms with van der Waals surface area (Å²) in [5.74, 6) is -0.320. The van der Waals surface area contributed by atoms with Crippen molar-refractivity contribution in [3.05, 3.63) is 33.0 Å². The molecular weight excluding hydrogens is 235 g/mol. The summed E-state index contributed by atoms with van der Waals surface area (Å²) in [6.45, 7) is 5.34. The fraction of sp³-hybridized carbons (Fsp3) is 0.400. The molecule has 0 heterocycles. The Hall–Kier alpha value is -0.410. The second-order valence-corrected chi connectivity index (χ2v) is 4.00. The Morgan fingerprint density at radius 3 is 2.46 bits per heavy atom. The highest BCUT2D eigenvalue weighted by atomic mass is 79.9. The minimum Gasteiger partial charge on any atom is -0.389 e. The van der Waals surface area contributed by atoms with Gasteiger partial charge in [-0.1, -0.05) is 0 Å². The van der Waals surface area contributed by atoms with E-state index >= 15 is 0 Å². The van der Waals surface area contributed by atoms with Gasteiger partial charge in [0, 0.05) is 5.56 Å². The van der Waals surface area contributed by atoms with Crippen LogP contribution in [-0.4, -0.2) is 5.11 Å². The average molecular weight is 247 g/mol. The van der Waals surface area contributed by atoms with Crippen LogP contribution < -0.4 is 0 Å². The van der Waals surface area contributed by atoms with Gasteiger partial charge in [-0.15, -0.1) is 0 Å². The zero-order valence-electron chi connectivity index (χ0n) is 7.86. The predicted octanol–water partition coefficient (Wildman–Crippen LogP) is 3.26. The van der Waals surface area contributed by atoms with Gasteiger partial charge in [0.25, 0.3) is 0 Å². The molecule has 1 unspecified atom stereocenters. The number of benzene rings is 1. The Bertz CT molecular complexity index is 308. The Labute approximate surface area is 85.7 Å². The summed E-state index contributed by atoms with van der Waals surface area (Å²) >= 11 is 3.13. The lowest BCUT2D eigenvalue weighted by atomic mass is 10.00. The lowest BCUT2D eigenvalue weighted by molar-refractivity contribution is 0.197. The number of aliphatic hydroxyl groups excluding tert-OH is 1. The van der Waals surface area contributed by atoms with E-state index in [1.165, 1.54) is 6.07 Å². The van der Waals surface area contributed by atoms with E-state index in [1.807, 2.05) is 13.8 Å². The summed E-state index contributed by atoms with van der Waals surface area (Å²) in [4.78, 5) is 0. The van der Waals surface area contributed by atoms with Gasteiger partial charge in [0.2, 0.25) is 0 Å². The summed E-state index contributed by atoms with van der Waals surface area (Å²) in [6, 6.07) is 1.46. The van der Waals surface area contributed by atoms with Gasteiger partial charge in [-0.2, -0.15) is 0 Å². The van der Waals surface area contributed by atoms with Crippen LogP contribution in [0.25, 0.3) is 0 Å². The smallest absolute Gasteiger partial charge is 0.138 e. The minimum atomic E-state index is -0.649. The SMILES string of the molecule is Cc1cc(F)c(Br)c(C(C)O)c1C. The molecule has 0 aromatic heterocycles. The molecule has 3 heteroatoms. The molecule has 0 fully saturated rings. The first-order valence-corrected chi connectivity index (χ1v) is 4.87. The van der Waals surface area contributed by atoms with Crippen molar-refractivity contribution < 1.29 is 9.50 Å². The van der Waals surface area contributed by atoms with E-state index in [1.54, 1.807) is 6.92 Å². The predicted molar refractivity (Wildman–Crippen MR) is 54.2 cm³/mol. The number of aryl methyl sites for hydroxylation is 1. The zero-order chi connectivity index (χ0) is 10.2. The first kappa shape index (κ1) is 10.7. The summed E-state index contributed by atoms with van der Waals surface area (Å²) in [6.07, 6.45) is -0.649. The second-order valence-electron chi connectivity index (χ2n) is 3.20. The Kier molecular flexibility index (Phi) is 3.09. The van der Waals surface area contributed by atoms with Crippen molar-refractivity contribution >= 4 is 15.9 Å². The molecule has 0 spiro atoms. The molecule has 0 amide bonds. The van der Waals surface area contributed by atoms with Gasteiger partial charge in [0.15, 0.2) is 0 Å². The normalized spacial score (nSPS) is 13.1. The third-order valence-electron chi connectivity index (χ3n) is 2.20. The van der Waals surface area contributed by atoms with Gasteiger partial charge >= 0.3 is 0 Å². The van der Waals surface area contributed by atoms with Crippen LogP contribution in [0.15, 0.2) is 10.5 Å². The van der Waals surface area contributed by atoms with E-state index in [4.69, 9.17) is 0 Å². The summed E-state index contributed by atoms with van der Waals surface area (Å²) < 4.78 is 13.6. The quantitative estimate of drug-likeness (QED) is 0.807. The van der Waals surface area contributed by atoms with Gasteiger partial charge in [-0.3, -0.25) is 0 Å². The molecule has 0 aliphatic rings. The van der Waals surface area contributed by atoms with Crippen LogP contribution in [0.2, 0.25) is 0 Å². The largest absolute Gasteiger partial charge is 0.389 e. The first-order chi connectivity index (χ1) is 5.95. The van der Waals surface area contributed by atoms with Gasteiger partial charge in [0.05, 0.1) is 10.6 Å². The molecule has 0 aliphatic carbocycles. The molecule has 0 radical (unpaired) electrons. The molecule has 0 saturated heterocycles. The van der Waals surface area contributed by atoms with Crippen molar-refractivity contribution in [2.45, 2.75) is 26.9 Å². The van der Waals surface area contributed by atoms with Crippen molar-refractivity contribution in [1.29, 1.82) is 0 Å². The fourth-order valence-electron chi connectivity index (χ4n) is 1.36.